The summed E-state index contributed by atoms with van der Waals surface area (Å²) in [5.74, 6) is 2.40. The molecule has 9 nitrogen and oxygen atoms in total. The van der Waals surface area contributed by atoms with Crippen molar-refractivity contribution in [2.75, 3.05) is 43.4 Å². The van der Waals surface area contributed by atoms with Crippen LogP contribution in [0.3, 0.4) is 0 Å². The molecule has 0 unspecified atom stereocenters. The zero-order chi connectivity index (χ0) is 25.8. The third-order valence-electron chi connectivity index (χ3n) is 8.17. The molecule has 0 spiro atoms. The smallest absolute Gasteiger partial charge is 0.229 e. The molecule has 37 heavy (non-hydrogen) atoms. The van der Waals surface area contributed by atoms with Crippen molar-refractivity contribution in [3.63, 3.8) is 0 Å². The Morgan fingerprint density at radius 1 is 1.08 bits per heavy atom. The number of hydrogen-bond acceptors (Lipinski definition) is 7. The zero-order valence-corrected chi connectivity index (χ0v) is 22.9. The summed E-state index contributed by atoms with van der Waals surface area (Å²) in [6, 6.07) is 1.05. The fraction of sp³-hybridized carbons (Fsp3) is 0.714. The molecule has 2 saturated heterocycles. The summed E-state index contributed by atoms with van der Waals surface area (Å²) >= 11 is 0. The highest BCUT2D eigenvalue weighted by Gasteiger charge is 2.28. The molecule has 1 aliphatic carbocycles. The van der Waals surface area contributed by atoms with E-state index in [-0.39, 0.29) is 0 Å². The quantitative estimate of drug-likeness (QED) is 0.443. The number of hydrogen-bond donors (Lipinski definition) is 2. The first-order valence-corrected chi connectivity index (χ1v) is 14.4. The van der Waals surface area contributed by atoms with Gasteiger partial charge in [0.15, 0.2) is 0 Å². The predicted molar refractivity (Wildman–Crippen MR) is 147 cm³/mol. The number of amides is 1. The number of nitrogens with zero attached hydrogens (tertiary/aromatic N) is 6. The van der Waals surface area contributed by atoms with E-state index in [4.69, 9.17) is 10.1 Å². The van der Waals surface area contributed by atoms with Crippen LogP contribution in [0.4, 0.5) is 17.5 Å². The van der Waals surface area contributed by atoms with Crippen molar-refractivity contribution in [2.45, 2.75) is 96.6 Å². The van der Waals surface area contributed by atoms with E-state index in [9.17, 15) is 4.79 Å². The van der Waals surface area contributed by atoms with Crippen molar-refractivity contribution < 1.29 is 4.79 Å². The highest BCUT2D eigenvalue weighted by molar-refractivity contribution is 5.76. The third kappa shape index (κ3) is 6.61. The Labute approximate surface area is 221 Å². The minimum Gasteiger partial charge on any atom is -0.370 e. The number of carbonyl (C=O) groups is 1. The highest BCUT2D eigenvalue weighted by atomic mass is 16.2. The Hall–Kier alpha value is -2.68. The molecule has 2 N–H and O–H groups in total. The summed E-state index contributed by atoms with van der Waals surface area (Å²) in [6.45, 7) is 11.3. The van der Waals surface area contributed by atoms with Crippen LogP contribution in [0, 0.1) is 6.92 Å². The molecule has 3 fully saturated rings. The first-order chi connectivity index (χ1) is 18.0. The van der Waals surface area contributed by atoms with Crippen LogP contribution in [0.2, 0.25) is 0 Å². The van der Waals surface area contributed by atoms with E-state index in [0.717, 1.165) is 88.4 Å². The van der Waals surface area contributed by atoms with Gasteiger partial charge in [-0.15, -0.1) is 0 Å². The molecule has 0 aromatic carbocycles. The van der Waals surface area contributed by atoms with Crippen molar-refractivity contribution in [2.24, 2.45) is 0 Å². The van der Waals surface area contributed by atoms with E-state index in [1.54, 1.807) is 0 Å². The van der Waals surface area contributed by atoms with Crippen LogP contribution in [-0.2, 0) is 4.79 Å². The van der Waals surface area contributed by atoms with Gasteiger partial charge in [-0.3, -0.25) is 9.48 Å². The molecule has 4 heterocycles. The Balaban J connectivity index is 1.20. The van der Waals surface area contributed by atoms with Crippen molar-refractivity contribution >= 4 is 23.4 Å². The molecule has 0 atom stereocenters. The molecule has 2 aromatic heterocycles. The Kier molecular flexibility index (Phi) is 8.27. The number of carbonyl (C=O) groups excluding carboxylic acids is 1. The lowest BCUT2D eigenvalue weighted by molar-refractivity contribution is -0.130. The van der Waals surface area contributed by atoms with Gasteiger partial charge in [-0.05, 0) is 71.6 Å². The van der Waals surface area contributed by atoms with Gasteiger partial charge in [0.2, 0.25) is 11.9 Å². The van der Waals surface area contributed by atoms with Crippen molar-refractivity contribution in [3.05, 3.63) is 23.7 Å². The molecular weight excluding hydrogens is 464 g/mol. The normalized spacial score (nSPS) is 19.9. The Bertz CT molecular complexity index is 1050. The van der Waals surface area contributed by atoms with E-state index in [1.165, 1.54) is 18.4 Å². The van der Waals surface area contributed by atoms with Gasteiger partial charge in [-0.2, -0.15) is 10.1 Å². The maximum absolute atomic E-state index is 12.3. The van der Waals surface area contributed by atoms with E-state index in [2.05, 4.69) is 45.2 Å². The van der Waals surface area contributed by atoms with Gasteiger partial charge in [0.1, 0.15) is 5.82 Å². The molecule has 9 heteroatoms. The number of anilines is 3. The fourth-order valence-corrected chi connectivity index (χ4v) is 5.62. The van der Waals surface area contributed by atoms with Crippen LogP contribution in [0.5, 0.6) is 0 Å². The van der Waals surface area contributed by atoms with E-state index >= 15 is 0 Å². The van der Waals surface area contributed by atoms with E-state index in [1.807, 2.05) is 18.0 Å². The van der Waals surface area contributed by atoms with Crippen LogP contribution in [-0.4, -0.2) is 74.2 Å². The highest BCUT2D eigenvalue weighted by Crippen LogP contribution is 2.43. The molecular formula is C28H44N8O. The second kappa shape index (κ2) is 11.8. The maximum Gasteiger partial charge on any atom is 0.229 e. The summed E-state index contributed by atoms with van der Waals surface area (Å²) < 4.78 is 2.14. The van der Waals surface area contributed by atoms with Crippen molar-refractivity contribution in [1.29, 1.82) is 0 Å². The standard InChI is InChI=1S/C28H44N8O/c1-20(2)34-16-11-23(12-17-34)36-19-25(21(3)33-36)31-28-30-18-24(22-9-10-22)27(32-28)29-13-7-15-35-14-6-4-5-8-26(35)37/h18-20,22-23H,4-17H2,1-3H3,(H2,29,30,31,32). The molecule has 1 saturated carbocycles. The number of likely N-dealkylation sites (tertiary alicyclic amines) is 2. The van der Waals surface area contributed by atoms with E-state index < -0.39 is 0 Å². The maximum atomic E-state index is 12.3. The minimum atomic E-state index is 0.311. The van der Waals surface area contributed by atoms with Gasteiger partial charge in [-0.25, -0.2) is 4.98 Å². The molecule has 2 aromatic rings. The summed E-state index contributed by atoms with van der Waals surface area (Å²) in [6.07, 6.45) is 13.7. The Morgan fingerprint density at radius 3 is 2.65 bits per heavy atom. The van der Waals surface area contributed by atoms with E-state index in [0.29, 0.717) is 36.3 Å². The van der Waals surface area contributed by atoms with Crippen LogP contribution in [0.15, 0.2) is 12.4 Å². The zero-order valence-electron chi connectivity index (χ0n) is 22.9. The van der Waals surface area contributed by atoms with Gasteiger partial charge >= 0.3 is 0 Å². The summed E-state index contributed by atoms with van der Waals surface area (Å²) in [7, 11) is 0. The predicted octanol–water partition coefficient (Wildman–Crippen LogP) is 4.85. The van der Waals surface area contributed by atoms with Crippen LogP contribution >= 0.6 is 0 Å². The Morgan fingerprint density at radius 2 is 1.89 bits per heavy atom. The number of piperidine rings is 1. The minimum absolute atomic E-state index is 0.311. The second-order valence-corrected chi connectivity index (χ2v) is 11.3. The van der Waals surface area contributed by atoms with Gasteiger partial charge < -0.3 is 20.4 Å². The lowest BCUT2D eigenvalue weighted by Crippen LogP contribution is -2.39. The molecule has 0 radical (unpaired) electrons. The second-order valence-electron chi connectivity index (χ2n) is 11.3. The number of aromatic nitrogens is 4. The first kappa shape index (κ1) is 25.9. The average molecular weight is 509 g/mol. The van der Waals surface area contributed by atoms with Crippen LogP contribution < -0.4 is 10.6 Å². The third-order valence-corrected chi connectivity index (χ3v) is 8.17. The summed E-state index contributed by atoms with van der Waals surface area (Å²) in [4.78, 5) is 26.4. The van der Waals surface area contributed by atoms with Gasteiger partial charge in [-0.1, -0.05) is 6.42 Å². The van der Waals surface area contributed by atoms with Gasteiger partial charge in [0.05, 0.1) is 17.4 Å². The van der Waals surface area contributed by atoms with Crippen LogP contribution in [0.1, 0.15) is 94.9 Å². The van der Waals surface area contributed by atoms with Crippen molar-refractivity contribution in [3.8, 4) is 0 Å². The monoisotopic (exact) mass is 508 g/mol. The topological polar surface area (TPSA) is 91.2 Å². The summed E-state index contributed by atoms with van der Waals surface area (Å²) in [5, 5.41) is 11.8. The van der Waals surface area contributed by atoms with Gasteiger partial charge in [0, 0.05) is 63.1 Å². The number of aryl methyl sites for hydroxylation is 1. The molecule has 2 aliphatic heterocycles. The SMILES string of the molecule is Cc1nn(C2CCN(C(C)C)CC2)cc1Nc1ncc(C2CC2)c(NCCCN2CCCCCC2=O)n1. The first-order valence-electron chi connectivity index (χ1n) is 14.4. The lowest BCUT2D eigenvalue weighted by atomic mass is 10.0. The number of nitrogens with one attached hydrogen (secondary N) is 2. The fourth-order valence-electron chi connectivity index (χ4n) is 5.62. The summed E-state index contributed by atoms with van der Waals surface area (Å²) in [5.41, 5.74) is 3.15. The molecule has 1 amide bonds. The van der Waals surface area contributed by atoms with Crippen molar-refractivity contribution in [1.82, 2.24) is 29.5 Å². The lowest BCUT2D eigenvalue weighted by Gasteiger charge is -2.34. The van der Waals surface area contributed by atoms with Gasteiger partial charge in [0.25, 0.3) is 0 Å². The molecule has 3 aliphatic rings. The number of rotatable bonds is 10. The average Bonchev–Trinajstić information content (AvgIpc) is 3.70. The van der Waals surface area contributed by atoms with Crippen LogP contribution in [0.25, 0.3) is 0 Å². The largest absolute Gasteiger partial charge is 0.370 e. The molecule has 202 valence electrons. The molecule has 0 bridgehead atoms. The molecule has 5 rings (SSSR count).